The largest absolute Gasteiger partial charge is 0.350 e. The van der Waals surface area contributed by atoms with Crippen LogP contribution in [0.1, 0.15) is 32.9 Å². The number of aryl methyl sites for hydroxylation is 3. The lowest BCUT2D eigenvalue weighted by molar-refractivity contribution is 0.102. The van der Waals surface area contributed by atoms with Gasteiger partial charge in [0.15, 0.2) is 0 Å². The first-order valence-electron chi connectivity index (χ1n) is 8.63. The molecule has 2 aromatic carbocycles. The van der Waals surface area contributed by atoms with Crippen LogP contribution in [0.15, 0.2) is 48.5 Å². The molecule has 0 bridgehead atoms. The second kappa shape index (κ2) is 8.18. The second-order valence-electron chi connectivity index (χ2n) is 6.47. The van der Waals surface area contributed by atoms with Crippen LogP contribution < -0.4 is 10.6 Å². The number of nitrogens with one attached hydrogen (secondary N) is 2. The molecule has 2 N–H and O–H groups in total. The monoisotopic (exact) mass is 380 g/mol. The Hall–Kier alpha value is -2.92. The fraction of sp³-hybridized carbons (Fsp3) is 0.190. The molecule has 0 atom stereocenters. The lowest BCUT2D eigenvalue weighted by atomic mass is 10.1. The van der Waals surface area contributed by atoms with Gasteiger partial charge in [-0.25, -0.2) is 9.97 Å². The molecule has 5 nitrogen and oxygen atoms in total. The molecular weight excluding hydrogens is 360 g/mol. The normalized spacial score (nSPS) is 10.5. The number of hydrogen-bond acceptors (Lipinski definition) is 4. The lowest BCUT2D eigenvalue weighted by Crippen LogP contribution is -2.16. The summed E-state index contributed by atoms with van der Waals surface area (Å²) in [6.07, 6.45) is 0. The Labute approximate surface area is 163 Å². The van der Waals surface area contributed by atoms with E-state index >= 15 is 0 Å². The summed E-state index contributed by atoms with van der Waals surface area (Å²) in [6.45, 7) is 6.32. The Morgan fingerprint density at radius 3 is 2.48 bits per heavy atom. The average molecular weight is 381 g/mol. The summed E-state index contributed by atoms with van der Waals surface area (Å²) in [5.74, 6) is 0.153. The number of nitrogens with zero attached hydrogens (tertiary/aromatic N) is 2. The number of benzene rings is 2. The fourth-order valence-electron chi connectivity index (χ4n) is 2.60. The Kier molecular flexibility index (Phi) is 5.72. The van der Waals surface area contributed by atoms with Crippen LogP contribution in [0.5, 0.6) is 0 Å². The molecule has 27 heavy (non-hydrogen) atoms. The van der Waals surface area contributed by atoms with E-state index in [2.05, 4.69) is 20.6 Å². The van der Waals surface area contributed by atoms with Gasteiger partial charge in [0.25, 0.3) is 5.91 Å². The number of carbonyl (C=O) groups excluding carboxylic acids is 1. The maximum absolute atomic E-state index is 12.6. The first-order valence-corrected chi connectivity index (χ1v) is 9.01. The molecule has 0 fully saturated rings. The van der Waals surface area contributed by atoms with E-state index in [9.17, 15) is 4.79 Å². The van der Waals surface area contributed by atoms with Crippen LogP contribution in [0, 0.1) is 20.8 Å². The van der Waals surface area contributed by atoms with E-state index < -0.39 is 0 Å². The number of hydrogen-bond donors (Lipinski definition) is 2. The van der Waals surface area contributed by atoms with Crippen molar-refractivity contribution < 1.29 is 4.79 Å². The third-order valence-corrected chi connectivity index (χ3v) is 4.34. The molecule has 1 aromatic heterocycles. The van der Waals surface area contributed by atoms with Crippen molar-refractivity contribution in [3.8, 4) is 0 Å². The van der Waals surface area contributed by atoms with Gasteiger partial charge in [-0.05, 0) is 61.7 Å². The van der Waals surface area contributed by atoms with Crippen molar-refractivity contribution in [1.82, 2.24) is 9.97 Å². The number of aromatic nitrogens is 2. The summed E-state index contributed by atoms with van der Waals surface area (Å²) in [5, 5.41) is 6.78. The van der Waals surface area contributed by atoms with E-state index in [0.717, 1.165) is 28.1 Å². The van der Waals surface area contributed by atoms with E-state index in [4.69, 9.17) is 11.6 Å². The molecule has 1 amide bonds. The van der Waals surface area contributed by atoms with E-state index in [0.29, 0.717) is 23.2 Å². The summed E-state index contributed by atoms with van der Waals surface area (Å²) in [5.41, 5.74) is 4.95. The van der Waals surface area contributed by atoms with Gasteiger partial charge in [0.05, 0.1) is 0 Å². The molecule has 0 saturated carbocycles. The molecule has 6 heteroatoms. The maximum atomic E-state index is 12.6. The van der Waals surface area contributed by atoms with Crippen LogP contribution in [-0.4, -0.2) is 15.9 Å². The van der Waals surface area contributed by atoms with Crippen molar-refractivity contribution in [3.63, 3.8) is 0 Å². The Morgan fingerprint density at radius 1 is 1.00 bits per heavy atom. The van der Waals surface area contributed by atoms with Gasteiger partial charge in [-0.2, -0.15) is 0 Å². The van der Waals surface area contributed by atoms with Gasteiger partial charge < -0.3 is 10.6 Å². The zero-order valence-corrected chi connectivity index (χ0v) is 16.3. The summed E-state index contributed by atoms with van der Waals surface area (Å²) in [6, 6.07) is 15.1. The van der Waals surface area contributed by atoms with E-state index in [1.807, 2.05) is 63.2 Å². The molecular formula is C21H21ClN4O. The van der Waals surface area contributed by atoms with Crippen LogP contribution in [0.3, 0.4) is 0 Å². The molecule has 0 radical (unpaired) electrons. The summed E-state index contributed by atoms with van der Waals surface area (Å²) >= 11 is 5.90. The van der Waals surface area contributed by atoms with Gasteiger partial charge >= 0.3 is 0 Å². The minimum absolute atomic E-state index is 0.260. The molecule has 0 aliphatic rings. The molecule has 138 valence electrons. The van der Waals surface area contributed by atoms with E-state index in [1.165, 1.54) is 0 Å². The standard InChI is InChI=1S/C21H21ClN4O/c1-13-4-5-14(2)18(10-13)25-20(27)19-11-15(3)24-21(26-19)23-12-16-6-8-17(22)9-7-16/h4-11H,12H2,1-3H3,(H,25,27)(H,23,24,26). The van der Waals surface area contributed by atoms with Crippen LogP contribution >= 0.6 is 11.6 Å². The third kappa shape index (κ3) is 5.05. The molecule has 0 unspecified atom stereocenters. The first-order chi connectivity index (χ1) is 12.9. The zero-order valence-electron chi connectivity index (χ0n) is 15.5. The highest BCUT2D eigenvalue weighted by molar-refractivity contribution is 6.30. The van der Waals surface area contributed by atoms with Gasteiger partial charge in [-0.15, -0.1) is 0 Å². The quantitative estimate of drug-likeness (QED) is 0.659. The average Bonchev–Trinajstić information content (AvgIpc) is 2.64. The predicted molar refractivity (Wildman–Crippen MR) is 109 cm³/mol. The SMILES string of the molecule is Cc1ccc(C)c(NC(=O)c2cc(C)nc(NCc3ccc(Cl)cc3)n2)c1. The van der Waals surface area contributed by atoms with Crippen LogP contribution in [-0.2, 0) is 6.54 Å². The van der Waals surface area contributed by atoms with Gasteiger partial charge in [0, 0.05) is 22.9 Å². The molecule has 0 saturated heterocycles. The van der Waals surface area contributed by atoms with E-state index in [-0.39, 0.29) is 5.91 Å². The minimum Gasteiger partial charge on any atom is -0.350 e. The molecule has 0 spiro atoms. The van der Waals surface area contributed by atoms with Crippen molar-refractivity contribution in [2.45, 2.75) is 27.3 Å². The van der Waals surface area contributed by atoms with Crippen molar-refractivity contribution in [1.29, 1.82) is 0 Å². The van der Waals surface area contributed by atoms with Crippen molar-refractivity contribution in [3.05, 3.63) is 81.6 Å². The zero-order chi connectivity index (χ0) is 19.4. The van der Waals surface area contributed by atoms with Gasteiger partial charge in [0.2, 0.25) is 5.95 Å². The molecule has 0 aliphatic carbocycles. The number of carbonyl (C=O) groups is 1. The molecule has 1 heterocycles. The fourth-order valence-corrected chi connectivity index (χ4v) is 2.73. The smallest absolute Gasteiger partial charge is 0.274 e. The van der Waals surface area contributed by atoms with Crippen LogP contribution in [0.2, 0.25) is 5.02 Å². The molecule has 3 aromatic rings. The molecule has 3 rings (SSSR count). The Bertz CT molecular complexity index is 970. The van der Waals surface area contributed by atoms with Crippen molar-refractivity contribution in [2.75, 3.05) is 10.6 Å². The highest BCUT2D eigenvalue weighted by Crippen LogP contribution is 2.18. The minimum atomic E-state index is -0.260. The summed E-state index contributed by atoms with van der Waals surface area (Å²) < 4.78 is 0. The summed E-state index contributed by atoms with van der Waals surface area (Å²) in [4.78, 5) is 21.4. The number of anilines is 2. The first kappa shape index (κ1) is 18.9. The number of amides is 1. The van der Waals surface area contributed by atoms with Gasteiger partial charge in [-0.3, -0.25) is 4.79 Å². The van der Waals surface area contributed by atoms with Gasteiger partial charge in [-0.1, -0.05) is 35.9 Å². The van der Waals surface area contributed by atoms with Crippen molar-refractivity contribution >= 4 is 29.1 Å². The van der Waals surface area contributed by atoms with E-state index in [1.54, 1.807) is 6.07 Å². The highest BCUT2D eigenvalue weighted by Gasteiger charge is 2.12. The van der Waals surface area contributed by atoms with Crippen LogP contribution in [0.4, 0.5) is 11.6 Å². The maximum Gasteiger partial charge on any atom is 0.274 e. The summed E-state index contributed by atoms with van der Waals surface area (Å²) in [7, 11) is 0. The number of rotatable bonds is 5. The third-order valence-electron chi connectivity index (χ3n) is 4.09. The molecule has 0 aliphatic heterocycles. The van der Waals surface area contributed by atoms with Crippen molar-refractivity contribution in [2.24, 2.45) is 0 Å². The second-order valence-corrected chi connectivity index (χ2v) is 6.91. The Balaban J connectivity index is 1.74. The topological polar surface area (TPSA) is 66.9 Å². The van der Waals surface area contributed by atoms with Gasteiger partial charge in [0.1, 0.15) is 5.69 Å². The lowest BCUT2D eigenvalue weighted by Gasteiger charge is -2.11. The number of halogens is 1. The predicted octanol–water partition coefficient (Wildman–Crippen LogP) is 4.92. The van der Waals surface area contributed by atoms with Crippen LogP contribution in [0.25, 0.3) is 0 Å². The Morgan fingerprint density at radius 2 is 1.74 bits per heavy atom. The highest BCUT2D eigenvalue weighted by atomic mass is 35.5.